The van der Waals surface area contributed by atoms with Crippen LogP contribution in [0.2, 0.25) is 0 Å². The molecule has 0 N–H and O–H groups in total. The minimum absolute atomic E-state index is 0.0591. The molecule has 0 saturated carbocycles. The first-order valence-corrected chi connectivity index (χ1v) is 13.7. The minimum Gasteiger partial charge on any atom is -0.289 e. The molecule has 0 aliphatic heterocycles. The second-order valence-corrected chi connectivity index (χ2v) is 10.6. The molecule has 2 aromatic heterocycles. The highest BCUT2D eigenvalue weighted by Gasteiger charge is 2.29. The minimum atomic E-state index is 0.0591. The van der Waals surface area contributed by atoms with Crippen LogP contribution < -0.4 is 0 Å². The van der Waals surface area contributed by atoms with Crippen molar-refractivity contribution in [3.63, 3.8) is 0 Å². The van der Waals surface area contributed by atoms with Gasteiger partial charge < -0.3 is 0 Å². The summed E-state index contributed by atoms with van der Waals surface area (Å²) in [6, 6.07) is 43.4. The first kappa shape index (κ1) is 22.2. The number of para-hydroxylation sites is 1. The highest BCUT2D eigenvalue weighted by molar-refractivity contribution is 6.25. The second kappa shape index (κ2) is 8.20. The molecule has 0 fully saturated rings. The number of benzene rings is 6. The summed E-state index contributed by atoms with van der Waals surface area (Å²) in [5, 5.41) is 5.49. The van der Waals surface area contributed by atoms with Gasteiger partial charge in [-0.05, 0) is 52.2 Å². The second-order valence-electron chi connectivity index (χ2n) is 10.6. The van der Waals surface area contributed by atoms with Gasteiger partial charge in [-0.15, -0.1) is 0 Å². The van der Waals surface area contributed by atoms with Crippen molar-refractivity contribution in [1.82, 2.24) is 14.5 Å². The molecule has 0 amide bonds. The molecule has 1 aliphatic rings. The SMILES string of the molecule is O=C1c2ccccc2-c2cc3c4cc5ccccc5cc4n(-c4nc(-c5ccccc5)c5ccccc5n4)c3cc21. The number of fused-ring (bicyclic) bond motifs is 8. The number of carbonyl (C=O) groups is 1. The van der Waals surface area contributed by atoms with E-state index in [1.807, 2.05) is 66.7 Å². The lowest BCUT2D eigenvalue weighted by Crippen LogP contribution is -2.04. The van der Waals surface area contributed by atoms with Gasteiger partial charge in [0.2, 0.25) is 5.95 Å². The van der Waals surface area contributed by atoms with E-state index in [0.717, 1.165) is 71.6 Å². The zero-order valence-corrected chi connectivity index (χ0v) is 21.9. The maximum Gasteiger partial charge on any atom is 0.235 e. The average Bonchev–Trinajstić information content (AvgIpc) is 3.49. The first-order chi connectivity index (χ1) is 20.2. The van der Waals surface area contributed by atoms with Crippen molar-refractivity contribution in [1.29, 1.82) is 0 Å². The zero-order valence-electron chi connectivity index (χ0n) is 21.9. The molecule has 41 heavy (non-hydrogen) atoms. The Labute approximate surface area is 235 Å². The Morgan fingerprint density at radius 3 is 2.00 bits per heavy atom. The highest BCUT2D eigenvalue weighted by atomic mass is 16.1. The van der Waals surface area contributed by atoms with E-state index < -0.39 is 0 Å². The average molecular weight is 524 g/mol. The standard InChI is InChI=1S/C37H21N3O/c41-36-26-15-7-6-14-25(26)28-20-30-29-18-23-12-4-5-13-24(23)19-33(29)40(34(30)21-31(28)36)37-38-32-17-9-8-16-27(32)35(39-37)22-10-2-1-3-11-22/h1-21H. The largest absolute Gasteiger partial charge is 0.289 e. The lowest BCUT2D eigenvalue weighted by Gasteiger charge is -2.12. The Kier molecular flexibility index (Phi) is 4.44. The molecule has 4 heteroatoms. The smallest absolute Gasteiger partial charge is 0.235 e. The number of aromatic nitrogens is 3. The molecule has 4 nitrogen and oxygen atoms in total. The van der Waals surface area contributed by atoms with Crippen molar-refractivity contribution in [2.75, 3.05) is 0 Å². The molecule has 8 aromatic rings. The van der Waals surface area contributed by atoms with Gasteiger partial charge in [-0.1, -0.05) is 97.1 Å². The predicted octanol–water partition coefficient (Wildman–Crippen LogP) is 8.76. The van der Waals surface area contributed by atoms with Crippen molar-refractivity contribution in [2.45, 2.75) is 0 Å². The fraction of sp³-hybridized carbons (Fsp3) is 0. The molecular formula is C37H21N3O. The van der Waals surface area contributed by atoms with Gasteiger partial charge in [-0.2, -0.15) is 0 Å². The monoisotopic (exact) mass is 523 g/mol. The van der Waals surface area contributed by atoms with E-state index in [4.69, 9.17) is 9.97 Å². The summed E-state index contributed by atoms with van der Waals surface area (Å²) >= 11 is 0. The van der Waals surface area contributed by atoms with Crippen LogP contribution in [-0.2, 0) is 0 Å². The maximum absolute atomic E-state index is 13.6. The van der Waals surface area contributed by atoms with Crippen molar-refractivity contribution >= 4 is 49.3 Å². The Balaban J connectivity index is 1.44. The van der Waals surface area contributed by atoms with Gasteiger partial charge in [0.05, 0.1) is 22.2 Å². The molecule has 0 unspecified atom stereocenters. The van der Waals surface area contributed by atoms with Crippen LogP contribution in [-0.4, -0.2) is 20.3 Å². The van der Waals surface area contributed by atoms with Crippen molar-refractivity contribution < 1.29 is 4.79 Å². The highest BCUT2D eigenvalue weighted by Crippen LogP contribution is 2.43. The van der Waals surface area contributed by atoms with Crippen LogP contribution in [0.15, 0.2) is 127 Å². The molecule has 0 spiro atoms. The normalized spacial score (nSPS) is 12.4. The Morgan fingerprint density at radius 2 is 1.15 bits per heavy atom. The van der Waals surface area contributed by atoms with E-state index in [-0.39, 0.29) is 5.78 Å². The van der Waals surface area contributed by atoms with Gasteiger partial charge in [-0.3, -0.25) is 9.36 Å². The van der Waals surface area contributed by atoms with Crippen LogP contribution in [0, 0.1) is 0 Å². The molecule has 0 saturated heterocycles. The van der Waals surface area contributed by atoms with E-state index in [9.17, 15) is 4.79 Å². The number of hydrogen-bond acceptors (Lipinski definition) is 3. The third-order valence-electron chi connectivity index (χ3n) is 8.32. The van der Waals surface area contributed by atoms with Crippen LogP contribution in [0.1, 0.15) is 15.9 Å². The lowest BCUT2D eigenvalue weighted by atomic mass is 10.0. The zero-order chi connectivity index (χ0) is 27.1. The lowest BCUT2D eigenvalue weighted by molar-refractivity contribution is 0.104. The summed E-state index contributed by atoms with van der Waals surface area (Å²) in [7, 11) is 0. The van der Waals surface area contributed by atoms with Gasteiger partial charge in [0.25, 0.3) is 0 Å². The van der Waals surface area contributed by atoms with Gasteiger partial charge in [0, 0.05) is 32.8 Å². The molecule has 1 aliphatic carbocycles. The predicted molar refractivity (Wildman–Crippen MR) is 166 cm³/mol. The van der Waals surface area contributed by atoms with E-state index >= 15 is 0 Å². The summed E-state index contributed by atoms with van der Waals surface area (Å²) in [5.41, 5.74) is 8.16. The van der Waals surface area contributed by atoms with Crippen molar-refractivity contribution in [3.05, 3.63) is 139 Å². The Bertz CT molecular complexity index is 2380. The van der Waals surface area contributed by atoms with Gasteiger partial charge in [0.15, 0.2) is 5.78 Å². The molecule has 0 bridgehead atoms. The van der Waals surface area contributed by atoms with Crippen LogP contribution in [0.4, 0.5) is 0 Å². The van der Waals surface area contributed by atoms with Crippen molar-refractivity contribution in [3.8, 4) is 28.3 Å². The first-order valence-electron chi connectivity index (χ1n) is 13.7. The Morgan fingerprint density at radius 1 is 0.488 bits per heavy atom. The number of carbonyl (C=O) groups excluding carboxylic acids is 1. The van der Waals surface area contributed by atoms with E-state index in [1.165, 1.54) is 5.39 Å². The number of rotatable bonds is 2. The van der Waals surface area contributed by atoms with Gasteiger partial charge in [0.1, 0.15) is 0 Å². The summed E-state index contributed by atoms with van der Waals surface area (Å²) in [4.78, 5) is 23.9. The van der Waals surface area contributed by atoms with Gasteiger partial charge >= 0.3 is 0 Å². The van der Waals surface area contributed by atoms with Crippen LogP contribution in [0.25, 0.3) is 71.8 Å². The number of ketones is 1. The van der Waals surface area contributed by atoms with Crippen molar-refractivity contribution in [2.24, 2.45) is 0 Å². The molecular weight excluding hydrogens is 502 g/mol. The van der Waals surface area contributed by atoms with Crippen LogP contribution in [0.3, 0.4) is 0 Å². The third-order valence-corrected chi connectivity index (χ3v) is 8.32. The number of nitrogens with zero attached hydrogens (tertiary/aromatic N) is 3. The maximum atomic E-state index is 13.6. The van der Waals surface area contributed by atoms with Crippen LogP contribution >= 0.6 is 0 Å². The van der Waals surface area contributed by atoms with E-state index in [2.05, 4.69) is 65.2 Å². The fourth-order valence-electron chi connectivity index (χ4n) is 6.42. The molecule has 0 radical (unpaired) electrons. The summed E-state index contributed by atoms with van der Waals surface area (Å²) in [6.07, 6.45) is 0. The molecule has 2 heterocycles. The van der Waals surface area contributed by atoms with E-state index in [0.29, 0.717) is 5.95 Å². The topological polar surface area (TPSA) is 47.8 Å². The molecule has 9 rings (SSSR count). The van der Waals surface area contributed by atoms with Gasteiger partial charge in [-0.25, -0.2) is 9.97 Å². The quantitative estimate of drug-likeness (QED) is 0.228. The Hall–Kier alpha value is -5.61. The molecule has 190 valence electrons. The summed E-state index contributed by atoms with van der Waals surface area (Å²) < 4.78 is 2.13. The van der Waals surface area contributed by atoms with E-state index in [1.54, 1.807) is 0 Å². The van der Waals surface area contributed by atoms with Crippen LogP contribution in [0.5, 0.6) is 0 Å². The fourth-order valence-corrected chi connectivity index (χ4v) is 6.42. The number of hydrogen-bond donors (Lipinski definition) is 0. The summed E-state index contributed by atoms with van der Waals surface area (Å²) in [6.45, 7) is 0. The molecule has 6 aromatic carbocycles. The summed E-state index contributed by atoms with van der Waals surface area (Å²) in [5.74, 6) is 0.643. The third kappa shape index (κ3) is 3.13. The molecule has 0 atom stereocenters.